The fourth-order valence-corrected chi connectivity index (χ4v) is 2.75. The Labute approximate surface area is 122 Å². The second-order valence-electron chi connectivity index (χ2n) is 6.59. The number of aryl methyl sites for hydroxylation is 1. The number of hydrogen-bond acceptors (Lipinski definition) is 2. The van der Waals surface area contributed by atoms with Gasteiger partial charge in [0.15, 0.2) is 0 Å². The number of aromatic nitrogens is 1. The molecule has 0 saturated carbocycles. The van der Waals surface area contributed by atoms with Crippen molar-refractivity contribution in [3.8, 4) is 0 Å². The van der Waals surface area contributed by atoms with Crippen LogP contribution >= 0.6 is 0 Å². The molecule has 20 heavy (non-hydrogen) atoms. The lowest BCUT2D eigenvalue weighted by Gasteiger charge is -2.30. The fourth-order valence-electron chi connectivity index (χ4n) is 2.75. The Kier molecular flexibility index (Phi) is 4.77. The molecular weight excluding hydrogens is 244 g/mol. The second kappa shape index (κ2) is 6.36. The first-order valence-corrected chi connectivity index (χ1v) is 7.52. The number of benzene rings is 1. The summed E-state index contributed by atoms with van der Waals surface area (Å²) in [6.07, 6.45) is 3.42. The van der Waals surface area contributed by atoms with Crippen molar-refractivity contribution in [1.82, 2.24) is 10.3 Å². The number of para-hydroxylation sites is 1. The van der Waals surface area contributed by atoms with E-state index < -0.39 is 0 Å². The molecule has 2 aromatic rings. The topological polar surface area (TPSA) is 24.9 Å². The zero-order valence-electron chi connectivity index (χ0n) is 13.1. The summed E-state index contributed by atoms with van der Waals surface area (Å²) < 4.78 is 0. The van der Waals surface area contributed by atoms with E-state index in [0.717, 1.165) is 11.9 Å². The van der Waals surface area contributed by atoms with Gasteiger partial charge in [0.25, 0.3) is 0 Å². The Morgan fingerprint density at radius 3 is 2.55 bits per heavy atom. The summed E-state index contributed by atoms with van der Waals surface area (Å²) in [6.45, 7) is 6.88. The second-order valence-corrected chi connectivity index (χ2v) is 6.59. The maximum absolute atomic E-state index is 4.74. The molecular formula is C18H26N2. The number of nitrogens with zero attached hydrogens (tertiary/aromatic N) is 1. The van der Waals surface area contributed by atoms with Crippen molar-refractivity contribution in [1.29, 1.82) is 0 Å². The van der Waals surface area contributed by atoms with Gasteiger partial charge in [0.2, 0.25) is 0 Å². The molecule has 0 fully saturated rings. The minimum Gasteiger partial charge on any atom is -0.316 e. The molecule has 1 heterocycles. The number of fused-ring (bicyclic) bond motifs is 1. The molecule has 1 unspecified atom stereocenters. The third-order valence-corrected chi connectivity index (χ3v) is 3.98. The first-order valence-electron chi connectivity index (χ1n) is 7.52. The SMILES string of the molecule is CNC(CCCc1ccc2ccccc2n1)C(C)(C)C. The lowest BCUT2D eigenvalue weighted by molar-refractivity contribution is 0.263. The van der Waals surface area contributed by atoms with Crippen molar-refractivity contribution in [3.05, 3.63) is 42.1 Å². The average Bonchev–Trinajstić information content (AvgIpc) is 2.42. The van der Waals surface area contributed by atoms with Crippen LogP contribution in [0.15, 0.2) is 36.4 Å². The third kappa shape index (κ3) is 3.80. The van der Waals surface area contributed by atoms with E-state index in [-0.39, 0.29) is 0 Å². The predicted octanol–water partition coefficient (Wildman–Crippen LogP) is 4.19. The van der Waals surface area contributed by atoms with Crippen LogP contribution < -0.4 is 5.32 Å². The minimum absolute atomic E-state index is 0.311. The Balaban J connectivity index is 1.96. The highest BCUT2D eigenvalue weighted by Gasteiger charge is 2.22. The van der Waals surface area contributed by atoms with E-state index in [4.69, 9.17) is 4.98 Å². The number of pyridine rings is 1. The molecule has 2 rings (SSSR count). The molecule has 0 aliphatic heterocycles. The molecule has 0 amide bonds. The first-order chi connectivity index (χ1) is 9.50. The number of hydrogen-bond donors (Lipinski definition) is 1. The summed E-state index contributed by atoms with van der Waals surface area (Å²) in [5.41, 5.74) is 2.62. The van der Waals surface area contributed by atoms with E-state index in [2.05, 4.69) is 69.5 Å². The van der Waals surface area contributed by atoms with Crippen molar-refractivity contribution in [2.75, 3.05) is 7.05 Å². The van der Waals surface area contributed by atoms with Crippen molar-refractivity contribution in [3.63, 3.8) is 0 Å². The van der Waals surface area contributed by atoms with Gasteiger partial charge in [-0.2, -0.15) is 0 Å². The van der Waals surface area contributed by atoms with Crippen LogP contribution in [-0.4, -0.2) is 18.1 Å². The van der Waals surface area contributed by atoms with E-state index in [1.54, 1.807) is 0 Å². The smallest absolute Gasteiger partial charge is 0.0705 e. The number of rotatable bonds is 5. The van der Waals surface area contributed by atoms with Crippen LogP contribution in [0.5, 0.6) is 0 Å². The van der Waals surface area contributed by atoms with Gasteiger partial charge in [0.1, 0.15) is 0 Å². The minimum atomic E-state index is 0.311. The van der Waals surface area contributed by atoms with Crippen LogP contribution in [0, 0.1) is 5.41 Å². The van der Waals surface area contributed by atoms with E-state index in [9.17, 15) is 0 Å². The Bertz CT molecular complexity index is 555. The lowest BCUT2D eigenvalue weighted by atomic mass is 9.84. The average molecular weight is 270 g/mol. The normalized spacial score (nSPS) is 13.6. The van der Waals surface area contributed by atoms with E-state index in [1.165, 1.54) is 23.9 Å². The Hall–Kier alpha value is -1.41. The van der Waals surface area contributed by atoms with Crippen molar-refractivity contribution < 1.29 is 0 Å². The molecule has 2 nitrogen and oxygen atoms in total. The fraction of sp³-hybridized carbons (Fsp3) is 0.500. The van der Waals surface area contributed by atoms with Gasteiger partial charge in [0, 0.05) is 17.1 Å². The molecule has 0 aliphatic carbocycles. The van der Waals surface area contributed by atoms with Crippen LogP contribution in [-0.2, 0) is 6.42 Å². The monoisotopic (exact) mass is 270 g/mol. The summed E-state index contributed by atoms with van der Waals surface area (Å²) in [5, 5.41) is 4.66. The highest BCUT2D eigenvalue weighted by molar-refractivity contribution is 5.78. The molecule has 0 aliphatic rings. The summed E-state index contributed by atoms with van der Waals surface area (Å²) in [4.78, 5) is 4.74. The van der Waals surface area contributed by atoms with Crippen LogP contribution in [0.4, 0.5) is 0 Å². The molecule has 0 saturated heterocycles. The molecule has 0 radical (unpaired) electrons. The van der Waals surface area contributed by atoms with Crippen LogP contribution in [0.2, 0.25) is 0 Å². The van der Waals surface area contributed by atoms with Crippen LogP contribution in [0.3, 0.4) is 0 Å². The Morgan fingerprint density at radius 1 is 1.10 bits per heavy atom. The third-order valence-electron chi connectivity index (χ3n) is 3.98. The summed E-state index contributed by atoms with van der Waals surface area (Å²) in [6, 6.07) is 13.2. The largest absolute Gasteiger partial charge is 0.316 e. The molecule has 1 N–H and O–H groups in total. The zero-order valence-corrected chi connectivity index (χ0v) is 13.1. The van der Waals surface area contributed by atoms with Gasteiger partial charge < -0.3 is 5.32 Å². The molecule has 108 valence electrons. The van der Waals surface area contributed by atoms with Gasteiger partial charge in [-0.1, -0.05) is 45.0 Å². The van der Waals surface area contributed by atoms with E-state index in [0.29, 0.717) is 11.5 Å². The van der Waals surface area contributed by atoms with Gasteiger partial charge >= 0.3 is 0 Å². The van der Waals surface area contributed by atoms with Crippen LogP contribution in [0.25, 0.3) is 10.9 Å². The van der Waals surface area contributed by atoms with Crippen molar-refractivity contribution in [2.45, 2.75) is 46.1 Å². The first kappa shape index (κ1) is 15.0. The maximum atomic E-state index is 4.74. The molecule has 1 atom stereocenters. The Morgan fingerprint density at radius 2 is 1.85 bits per heavy atom. The van der Waals surface area contributed by atoms with Gasteiger partial charge in [-0.3, -0.25) is 4.98 Å². The maximum Gasteiger partial charge on any atom is 0.0705 e. The molecule has 0 bridgehead atoms. The molecule has 0 spiro atoms. The van der Waals surface area contributed by atoms with E-state index in [1.807, 2.05) is 0 Å². The highest BCUT2D eigenvalue weighted by Crippen LogP contribution is 2.23. The van der Waals surface area contributed by atoms with Crippen molar-refractivity contribution >= 4 is 10.9 Å². The van der Waals surface area contributed by atoms with Gasteiger partial charge in [-0.25, -0.2) is 0 Å². The number of nitrogens with one attached hydrogen (secondary N) is 1. The van der Waals surface area contributed by atoms with Crippen LogP contribution in [0.1, 0.15) is 39.3 Å². The molecule has 2 heteroatoms. The summed E-state index contributed by atoms with van der Waals surface area (Å²) >= 11 is 0. The predicted molar refractivity (Wildman–Crippen MR) is 87.0 cm³/mol. The zero-order chi connectivity index (χ0) is 14.6. The van der Waals surface area contributed by atoms with Gasteiger partial charge in [0.05, 0.1) is 5.52 Å². The lowest BCUT2D eigenvalue weighted by Crippen LogP contribution is -2.37. The van der Waals surface area contributed by atoms with E-state index >= 15 is 0 Å². The summed E-state index contributed by atoms with van der Waals surface area (Å²) in [5.74, 6) is 0. The van der Waals surface area contributed by atoms with Crippen molar-refractivity contribution in [2.24, 2.45) is 5.41 Å². The molecule has 1 aromatic heterocycles. The van der Waals surface area contributed by atoms with Gasteiger partial charge in [-0.05, 0) is 43.9 Å². The highest BCUT2D eigenvalue weighted by atomic mass is 14.9. The standard InChI is InChI=1S/C18H26N2/c1-18(2,3)17(19-4)11-7-9-15-13-12-14-8-5-6-10-16(14)20-15/h5-6,8,10,12-13,17,19H,7,9,11H2,1-4H3. The molecule has 1 aromatic carbocycles. The summed E-state index contributed by atoms with van der Waals surface area (Å²) in [7, 11) is 2.06. The van der Waals surface area contributed by atoms with Gasteiger partial charge in [-0.15, -0.1) is 0 Å². The quantitative estimate of drug-likeness (QED) is 0.881.